The number of carboxylic acids is 1. The number of nitrogens with zero attached hydrogens (tertiary/aromatic N) is 1. The van der Waals surface area contributed by atoms with Gasteiger partial charge in [0.1, 0.15) is 0 Å². The molecule has 0 atom stereocenters. The van der Waals surface area contributed by atoms with Crippen LogP contribution in [0.3, 0.4) is 0 Å². The summed E-state index contributed by atoms with van der Waals surface area (Å²) in [7, 11) is 1.41. The normalized spacial score (nSPS) is 9.90. The molecule has 108 valence electrons. The molecule has 1 aromatic rings. The molecule has 0 saturated heterocycles. The molecular weight excluding hydrogens is 280 g/mol. The zero-order chi connectivity index (χ0) is 15.1. The molecule has 0 saturated carbocycles. The predicted molar refractivity (Wildman–Crippen MR) is 75.5 cm³/mol. The van der Waals surface area contributed by atoms with Gasteiger partial charge >= 0.3 is 12.0 Å². The van der Waals surface area contributed by atoms with Crippen LogP contribution >= 0.6 is 11.8 Å². The van der Waals surface area contributed by atoms with Crippen LogP contribution in [0.1, 0.15) is 12.5 Å². The first-order chi connectivity index (χ1) is 9.40. The SMILES string of the molecule is CC(=O)N(C)C(=O)NCSc1ccc(CC(=O)O)cc1. The zero-order valence-electron chi connectivity index (χ0n) is 11.3. The van der Waals surface area contributed by atoms with Crippen LogP contribution in [0.4, 0.5) is 4.79 Å². The molecule has 0 aliphatic heterocycles. The number of urea groups is 1. The lowest BCUT2D eigenvalue weighted by atomic mass is 10.2. The second-order valence-corrected chi connectivity index (χ2v) is 5.11. The van der Waals surface area contributed by atoms with Gasteiger partial charge in [-0.2, -0.15) is 0 Å². The maximum Gasteiger partial charge on any atom is 0.324 e. The van der Waals surface area contributed by atoms with E-state index in [1.807, 2.05) is 0 Å². The number of carboxylic acid groups (broad SMARTS) is 1. The largest absolute Gasteiger partial charge is 0.481 e. The number of hydrogen-bond donors (Lipinski definition) is 2. The maximum atomic E-state index is 11.5. The highest BCUT2D eigenvalue weighted by Crippen LogP contribution is 2.17. The minimum atomic E-state index is -0.870. The number of imide groups is 1. The van der Waals surface area contributed by atoms with Gasteiger partial charge < -0.3 is 10.4 Å². The van der Waals surface area contributed by atoms with Crippen molar-refractivity contribution < 1.29 is 19.5 Å². The molecule has 0 bridgehead atoms. The second-order valence-electron chi connectivity index (χ2n) is 4.06. The van der Waals surface area contributed by atoms with E-state index in [4.69, 9.17) is 5.11 Å². The summed E-state index contributed by atoms with van der Waals surface area (Å²) in [6.07, 6.45) is -0.00884. The zero-order valence-corrected chi connectivity index (χ0v) is 12.1. The highest BCUT2D eigenvalue weighted by atomic mass is 32.2. The molecule has 3 amide bonds. The van der Waals surface area contributed by atoms with Crippen LogP contribution in [0.2, 0.25) is 0 Å². The maximum absolute atomic E-state index is 11.5. The summed E-state index contributed by atoms with van der Waals surface area (Å²) in [4.78, 5) is 34.9. The Labute approximate surface area is 121 Å². The van der Waals surface area contributed by atoms with E-state index < -0.39 is 12.0 Å². The molecule has 0 radical (unpaired) electrons. The van der Waals surface area contributed by atoms with E-state index in [0.29, 0.717) is 5.88 Å². The van der Waals surface area contributed by atoms with Crippen LogP contribution in [-0.2, 0) is 16.0 Å². The quantitative estimate of drug-likeness (QED) is 0.636. The van der Waals surface area contributed by atoms with Crippen molar-refractivity contribution in [1.29, 1.82) is 0 Å². The summed E-state index contributed by atoms with van der Waals surface area (Å²) in [5, 5.41) is 11.2. The van der Waals surface area contributed by atoms with Crippen molar-refractivity contribution >= 4 is 29.7 Å². The van der Waals surface area contributed by atoms with Crippen molar-refractivity contribution in [2.24, 2.45) is 0 Å². The van der Waals surface area contributed by atoms with E-state index in [-0.39, 0.29) is 12.3 Å². The minimum absolute atomic E-state index is 0.00884. The van der Waals surface area contributed by atoms with Crippen molar-refractivity contribution in [3.63, 3.8) is 0 Å². The molecule has 0 aliphatic rings. The number of amides is 3. The van der Waals surface area contributed by atoms with E-state index in [2.05, 4.69) is 5.32 Å². The van der Waals surface area contributed by atoms with Crippen molar-refractivity contribution in [2.45, 2.75) is 18.2 Å². The van der Waals surface area contributed by atoms with Crippen LogP contribution in [0.5, 0.6) is 0 Å². The first kappa shape index (κ1) is 16.0. The first-order valence-corrected chi connectivity index (χ1v) is 6.84. The van der Waals surface area contributed by atoms with Gasteiger partial charge in [-0.15, -0.1) is 11.8 Å². The van der Waals surface area contributed by atoms with Crippen LogP contribution in [0.15, 0.2) is 29.2 Å². The van der Waals surface area contributed by atoms with E-state index >= 15 is 0 Å². The van der Waals surface area contributed by atoms with Gasteiger partial charge in [-0.25, -0.2) is 4.79 Å². The Balaban J connectivity index is 2.41. The van der Waals surface area contributed by atoms with Crippen LogP contribution in [0, 0.1) is 0 Å². The van der Waals surface area contributed by atoms with E-state index in [1.165, 1.54) is 25.7 Å². The third-order valence-corrected chi connectivity index (χ3v) is 3.41. The summed E-state index contributed by atoms with van der Waals surface area (Å²) >= 11 is 1.39. The summed E-state index contributed by atoms with van der Waals surface area (Å²) in [6.45, 7) is 1.31. The van der Waals surface area contributed by atoms with Crippen molar-refractivity contribution in [3.8, 4) is 0 Å². The Morgan fingerprint density at radius 1 is 1.25 bits per heavy atom. The molecule has 0 heterocycles. The Morgan fingerprint density at radius 3 is 2.35 bits per heavy atom. The highest BCUT2D eigenvalue weighted by Gasteiger charge is 2.11. The topological polar surface area (TPSA) is 86.7 Å². The van der Waals surface area contributed by atoms with Crippen LogP contribution < -0.4 is 5.32 Å². The van der Waals surface area contributed by atoms with Gasteiger partial charge in [0.15, 0.2) is 0 Å². The molecule has 1 rings (SSSR count). The number of thioether (sulfide) groups is 1. The molecular formula is C13H16N2O4S. The number of aliphatic carboxylic acids is 1. The number of nitrogens with one attached hydrogen (secondary N) is 1. The highest BCUT2D eigenvalue weighted by molar-refractivity contribution is 7.99. The molecule has 7 heteroatoms. The summed E-state index contributed by atoms with van der Waals surface area (Å²) < 4.78 is 0. The molecule has 0 aromatic heterocycles. The number of rotatable bonds is 5. The molecule has 0 aliphatic carbocycles. The molecule has 0 spiro atoms. The molecule has 20 heavy (non-hydrogen) atoms. The molecule has 0 unspecified atom stereocenters. The second kappa shape index (κ2) is 7.54. The summed E-state index contributed by atoms with van der Waals surface area (Å²) in [5.41, 5.74) is 0.724. The fraction of sp³-hybridized carbons (Fsp3) is 0.308. The van der Waals surface area contributed by atoms with Gasteiger partial charge in [-0.05, 0) is 17.7 Å². The lowest BCUT2D eigenvalue weighted by Crippen LogP contribution is -2.39. The van der Waals surface area contributed by atoms with Gasteiger partial charge in [0.05, 0.1) is 12.3 Å². The summed E-state index contributed by atoms with van der Waals surface area (Å²) in [6, 6.07) is 6.61. The Morgan fingerprint density at radius 2 is 1.85 bits per heavy atom. The van der Waals surface area contributed by atoms with Gasteiger partial charge in [-0.1, -0.05) is 12.1 Å². The van der Waals surface area contributed by atoms with Gasteiger partial charge in [0.25, 0.3) is 0 Å². The van der Waals surface area contributed by atoms with Crippen molar-refractivity contribution in [1.82, 2.24) is 10.2 Å². The Hall–Kier alpha value is -2.02. The first-order valence-electron chi connectivity index (χ1n) is 5.86. The molecule has 6 nitrogen and oxygen atoms in total. The minimum Gasteiger partial charge on any atom is -0.481 e. The number of benzene rings is 1. The van der Waals surface area contributed by atoms with Crippen LogP contribution in [-0.4, -0.2) is 40.8 Å². The van der Waals surface area contributed by atoms with E-state index in [1.54, 1.807) is 24.3 Å². The van der Waals surface area contributed by atoms with Gasteiger partial charge in [0.2, 0.25) is 5.91 Å². The Bertz CT molecular complexity index is 502. The monoisotopic (exact) mass is 296 g/mol. The van der Waals surface area contributed by atoms with E-state index in [0.717, 1.165) is 15.4 Å². The third-order valence-electron chi connectivity index (χ3n) is 2.52. The third kappa shape index (κ3) is 5.31. The Kier molecular flexibility index (Phi) is 6.05. The van der Waals surface area contributed by atoms with Crippen molar-refractivity contribution in [2.75, 3.05) is 12.9 Å². The average Bonchev–Trinajstić information content (AvgIpc) is 2.39. The van der Waals surface area contributed by atoms with Crippen molar-refractivity contribution in [3.05, 3.63) is 29.8 Å². The number of hydrogen-bond acceptors (Lipinski definition) is 4. The summed E-state index contributed by atoms with van der Waals surface area (Å²) in [5.74, 6) is -0.871. The lowest BCUT2D eigenvalue weighted by molar-refractivity contribution is -0.136. The van der Waals surface area contributed by atoms with E-state index in [9.17, 15) is 14.4 Å². The molecule has 2 N–H and O–H groups in total. The molecule has 1 aromatic carbocycles. The van der Waals surface area contributed by atoms with Crippen LogP contribution in [0.25, 0.3) is 0 Å². The lowest BCUT2D eigenvalue weighted by Gasteiger charge is -2.13. The number of carbonyl (C=O) groups excluding carboxylic acids is 2. The average molecular weight is 296 g/mol. The fourth-order valence-electron chi connectivity index (χ4n) is 1.32. The molecule has 0 fully saturated rings. The van der Waals surface area contributed by atoms with Gasteiger partial charge in [0, 0.05) is 18.9 Å². The fourth-order valence-corrected chi connectivity index (χ4v) is 2.01. The number of carbonyl (C=O) groups is 3. The standard InChI is InChI=1S/C13H16N2O4S/c1-9(16)15(2)13(19)14-8-20-11-5-3-10(4-6-11)7-12(17)18/h3-6H,7-8H2,1-2H3,(H,14,19)(H,17,18). The smallest absolute Gasteiger partial charge is 0.324 e. The van der Waals surface area contributed by atoms with Gasteiger partial charge in [-0.3, -0.25) is 14.5 Å². The predicted octanol–water partition coefficient (Wildman–Crippen LogP) is 1.55.